The number of hydrogen-bond acceptors (Lipinski definition) is 3. The van der Waals surface area contributed by atoms with E-state index in [9.17, 15) is 36.2 Å². The number of halogens is 6. The standard InChI is InChI=1S/C9H9F6O3/c1-4-6(2,3)18-5(16)7(17,8(10,11)12)9(13,14)15/h4H,1H2,2-3H3/q-1. The summed E-state index contributed by atoms with van der Waals surface area (Å²) >= 11 is 0. The first kappa shape index (κ1) is 16.8. The second-order valence-electron chi connectivity index (χ2n) is 3.87. The zero-order valence-corrected chi connectivity index (χ0v) is 9.28. The summed E-state index contributed by atoms with van der Waals surface area (Å²) in [6.45, 7) is 5.00. The van der Waals surface area contributed by atoms with Gasteiger partial charge in [0.05, 0.1) is 0 Å². The molecule has 0 aliphatic rings. The third-order valence-corrected chi connectivity index (χ3v) is 1.93. The van der Waals surface area contributed by atoms with Crippen LogP contribution in [0.2, 0.25) is 0 Å². The summed E-state index contributed by atoms with van der Waals surface area (Å²) in [7, 11) is 0. The Balaban J connectivity index is 5.53. The van der Waals surface area contributed by atoms with E-state index >= 15 is 0 Å². The van der Waals surface area contributed by atoms with Crippen LogP contribution in [0.3, 0.4) is 0 Å². The summed E-state index contributed by atoms with van der Waals surface area (Å²) in [5.74, 6) is -2.97. The van der Waals surface area contributed by atoms with Crippen molar-refractivity contribution in [2.45, 2.75) is 37.4 Å². The molecule has 0 unspecified atom stereocenters. The number of esters is 1. The highest BCUT2D eigenvalue weighted by molar-refractivity contribution is 5.81. The van der Waals surface area contributed by atoms with E-state index in [1.807, 2.05) is 0 Å². The Morgan fingerprint density at radius 3 is 1.67 bits per heavy atom. The molecule has 0 rings (SSSR count). The van der Waals surface area contributed by atoms with Gasteiger partial charge in [0.25, 0.3) is 0 Å². The Hall–Kier alpha value is -1.25. The Bertz CT molecular complexity index is 327. The van der Waals surface area contributed by atoms with E-state index in [0.29, 0.717) is 0 Å². The lowest BCUT2D eigenvalue weighted by Crippen LogP contribution is -2.72. The predicted molar refractivity (Wildman–Crippen MR) is 45.2 cm³/mol. The van der Waals surface area contributed by atoms with E-state index in [1.165, 1.54) is 0 Å². The van der Waals surface area contributed by atoms with Crippen molar-refractivity contribution in [3.63, 3.8) is 0 Å². The predicted octanol–water partition coefficient (Wildman–Crippen LogP) is 1.72. The minimum Gasteiger partial charge on any atom is -0.828 e. The van der Waals surface area contributed by atoms with Crippen molar-refractivity contribution in [3.8, 4) is 0 Å². The van der Waals surface area contributed by atoms with Crippen molar-refractivity contribution < 1.29 is 41.0 Å². The maximum absolute atomic E-state index is 12.2. The number of rotatable bonds is 3. The number of carbonyl (C=O) groups is 1. The Kier molecular flexibility index (Phi) is 4.14. The topological polar surface area (TPSA) is 49.4 Å². The molecular formula is C9H9F6O3-. The largest absolute Gasteiger partial charge is 0.828 e. The fourth-order valence-corrected chi connectivity index (χ4v) is 0.745. The third kappa shape index (κ3) is 2.95. The van der Waals surface area contributed by atoms with Gasteiger partial charge >= 0.3 is 18.3 Å². The van der Waals surface area contributed by atoms with Crippen LogP contribution in [0.25, 0.3) is 0 Å². The molecule has 0 atom stereocenters. The summed E-state index contributed by atoms with van der Waals surface area (Å²) < 4.78 is 76.9. The zero-order chi connectivity index (χ0) is 15.0. The molecule has 0 heterocycles. The van der Waals surface area contributed by atoms with Crippen LogP contribution in [0, 0.1) is 0 Å². The van der Waals surface area contributed by atoms with Gasteiger partial charge in [0, 0.05) is 0 Å². The molecule has 0 N–H and O–H groups in total. The zero-order valence-electron chi connectivity index (χ0n) is 9.28. The first-order chi connectivity index (χ1) is 7.69. The molecular weight excluding hydrogens is 270 g/mol. The van der Waals surface area contributed by atoms with Crippen molar-refractivity contribution in [1.82, 2.24) is 0 Å². The molecule has 0 fully saturated rings. The van der Waals surface area contributed by atoms with Crippen molar-refractivity contribution >= 4 is 5.97 Å². The van der Waals surface area contributed by atoms with E-state index in [2.05, 4.69) is 11.3 Å². The van der Waals surface area contributed by atoms with Gasteiger partial charge in [-0.1, -0.05) is 6.58 Å². The number of carbonyl (C=O) groups excluding carboxylic acids is 1. The molecule has 0 aliphatic heterocycles. The summed E-state index contributed by atoms with van der Waals surface area (Å²) in [5, 5.41) is 10.9. The summed E-state index contributed by atoms with van der Waals surface area (Å²) in [5.41, 5.74) is -7.65. The van der Waals surface area contributed by atoms with Crippen LogP contribution in [0.5, 0.6) is 0 Å². The Labute approximate surface area is 98.0 Å². The average molecular weight is 279 g/mol. The van der Waals surface area contributed by atoms with E-state index in [4.69, 9.17) is 0 Å². The molecule has 18 heavy (non-hydrogen) atoms. The normalized spacial score (nSPS) is 14.3. The molecule has 0 bridgehead atoms. The smallest absolute Gasteiger partial charge is 0.399 e. The molecule has 0 aromatic carbocycles. The summed E-state index contributed by atoms with van der Waals surface area (Å²) in [4.78, 5) is 10.9. The number of alkyl halides is 6. The number of hydrogen-bond donors (Lipinski definition) is 0. The molecule has 3 nitrogen and oxygen atoms in total. The van der Waals surface area contributed by atoms with Gasteiger partial charge in [-0.2, -0.15) is 26.3 Å². The van der Waals surface area contributed by atoms with Crippen LogP contribution in [-0.4, -0.2) is 29.5 Å². The molecule has 9 heteroatoms. The molecule has 0 saturated heterocycles. The molecule has 0 amide bonds. The lowest BCUT2D eigenvalue weighted by Gasteiger charge is -2.41. The molecule has 0 aliphatic carbocycles. The second-order valence-corrected chi connectivity index (χ2v) is 3.87. The molecule has 0 spiro atoms. The van der Waals surface area contributed by atoms with Crippen molar-refractivity contribution in [2.75, 3.05) is 0 Å². The molecule has 106 valence electrons. The number of ether oxygens (including phenoxy) is 1. The molecule has 0 aromatic heterocycles. The van der Waals surface area contributed by atoms with Crippen LogP contribution in [0.1, 0.15) is 13.8 Å². The van der Waals surface area contributed by atoms with Crippen LogP contribution in [-0.2, 0) is 9.53 Å². The highest BCUT2D eigenvalue weighted by Gasteiger charge is 2.68. The van der Waals surface area contributed by atoms with Crippen molar-refractivity contribution in [1.29, 1.82) is 0 Å². The Morgan fingerprint density at radius 1 is 1.11 bits per heavy atom. The van der Waals surface area contributed by atoms with Gasteiger partial charge in [0.2, 0.25) is 0 Å². The SMILES string of the molecule is C=CC(C)(C)OC(=O)C([O-])(C(F)(F)F)C(F)(F)F. The highest BCUT2D eigenvalue weighted by Crippen LogP contribution is 2.42. The average Bonchev–Trinajstić information content (AvgIpc) is 2.12. The van der Waals surface area contributed by atoms with Crippen LogP contribution in [0.15, 0.2) is 12.7 Å². The van der Waals surface area contributed by atoms with Gasteiger partial charge in [-0.3, -0.25) is 4.79 Å². The van der Waals surface area contributed by atoms with E-state index in [1.54, 1.807) is 0 Å². The van der Waals surface area contributed by atoms with Crippen LogP contribution < -0.4 is 5.11 Å². The minimum atomic E-state index is -6.36. The van der Waals surface area contributed by atoms with Crippen LogP contribution >= 0.6 is 0 Å². The van der Waals surface area contributed by atoms with Crippen molar-refractivity contribution in [2.24, 2.45) is 0 Å². The highest BCUT2D eigenvalue weighted by atomic mass is 19.4. The fraction of sp³-hybridized carbons (Fsp3) is 0.667. The van der Waals surface area contributed by atoms with Gasteiger partial charge in [0.1, 0.15) is 5.60 Å². The quantitative estimate of drug-likeness (QED) is 0.449. The fourth-order valence-electron chi connectivity index (χ4n) is 0.745. The first-order valence-electron chi connectivity index (χ1n) is 4.40. The van der Waals surface area contributed by atoms with Crippen molar-refractivity contribution in [3.05, 3.63) is 12.7 Å². The maximum Gasteiger partial charge on any atom is 0.399 e. The van der Waals surface area contributed by atoms with Gasteiger partial charge in [-0.25, -0.2) is 0 Å². The first-order valence-corrected chi connectivity index (χ1v) is 4.40. The van der Waals surface area contributed by atoms with Gasteiger partial charge in [-0.15, -0.1) is 0 Å². The maximum atomic E-state index is 12.2. The van der Waals surface area contributed by atoms with E-state index < -0.39 is 29.5 Å². The van der Waals surface area contributed by atoms with Gasteiger partial charge in [-0.05, 0) is 19.9 Å². The molecule has 0 radical (unpaired) electrons. The molecule has 0 saturated carbocycles. The van der Waals surface area contributed by atoms with E-state index in [0.717, 1.165) is 19.9 Å². The van der Waals surface area contributed by atoms with Gasteiger partial charge in [0.15, 0.2) is 5.60 Å². The lowest BCUT2D eigenvalue weighted by molar-refractivity contribution is -0.575. The minimum absolute atomic E-state index is 0.790. The Morgan fingerprint density at radius 2 is 1.44 bits per heavy atom. The van der Waals surface area contributed by atoms with E-state index in [-0.39, 0.29) is 0 Å². The monoisotopic (exact) mass is 279 g/mol. The van der Waals surface area contributed by atoms with Crippen LogP contribution in [0.4, 0.5) is 26.3 Å². The molecule has 0 aromatic rings. The van der Waals surface area contributed by atoms with Gasteiger partial charge < -0.3 is 9.84 Å². The lowest BCUT2D eigenvalue weighted by atomic mass is 10.0. The third-order valence-electron chi connectivity index (χ3n) is 1.93. The summed E-state index contributed by atoms with van der Waals surface area (Å²) in [6, 6.07) is 0. The summed E-state index contributed by atoms with van der Waals surface area (Å²) in [6.07, 6.45) is -11.9. The second kappa shape index (κ2) is 4.45.